The molecule has 0 N–H and O–H groups in total. The summed E-state index contributed by atoms with van der Waals surface area (Å²) in [5, 5.41) is 0.384. The summed E-state index contributed by atoms with van der Waals surface area (Å²) in [7, 11) is -0.581. The first-order valence-electron chi connectivity index (χ1n) is 4.73. The van der Waals surface area contributed by atoms with Crippen molar-refractivity contribution in [3.05, 3.63) is 0 Å². The molecule has 5 atom stereocenters. The summed E-state index contributed by atoms with van der Waals surface area (Å²) >= 11 is 0. The van der Waals surface area contributed by atoms with Crippen molar-refractivity contribution >= 4 is 10.8 Å². The predicted octanol–water partition coefficient (Wildman–Crippen LogP) is 0.932. The molecule has 68 valence electrons. The summed E-state index contributed by atoms with van der Waals surface area (Å²) in [4.78, 5) is 0. The van der Waals surface area contributed by atoms with Gasteiger partial charge in [-0.25, -0.2) is 0 Å². The molecular formula is C9H14O2S. The van der Waals surface area contributed by atoms with Crippen molar-refractivity contribution in [1.29, 1.82) is 0 Å². The first-order valence-corrected chi connectivity index (χ1v) is 6.11. The summed E-state index contributed by atoms with van der Waals surface area (Å²) in [5.74, 6) is 1.68. The Bertz CT molecular complexity index is 253. The fourth-order valence-corrected chi connectivity index (χ4v) is 5.23. The molecule has 2 nitrogen and oxygen atoms in total. The van der Waals surface area contributed by atoms with Crippen LogP contribution in [-0.4, -0.2) is 27.9 Å². The molecule has 2 saturated heterocycles. The van der Waals surface area contributed by atoms with Gasteiger partial charge in [0.2, 0.25) is 0 Å². The van der Waals surface area contributed by atoms with Crippen LogP contribution >= 0.6 is 0 Å². The van der Waals surface area contributed by atoms with Gasteiger partial charge in [0.1, 0.15) is 0 Å². The molecule has 2 heterocycles. The maximum atomic E-state index is 11.7. The maximum Gasteiger partial charge on any atom is 0.0786 e. The van der Waals surface area contributed by atoms with Crippen LogP contribution in [0.4, 0.5) is 0 Å². The van der Waals surface area contributed by atoms with Crippen LogP contribution in [0.2, 0.25) is 0 Å². The molecule has 3 rings (SSSR count). The molecule has 3 fully saturated rings. The van der Waals surface area contributed by atoms with Crippen molar-refractivity contribution in [3.63, 3.8) is 0 Å². The molecule has 0 aromatic carbocycles. The van der Waals surface area contributed by atoms with Crippen molar-refractivity contribution in [2.24, 2.45) is 11.3 Å². The van der Waals surface area contributed by atoms with Crippen LogP contribution in [-0.2, 0) is 15.5 Å². The van der Waals surface area contributed by atoms with E-state index in [0.29, 0.717) is 16.8 Å². The van der Waals surface area contributed by atoms with Crippen molar-refractivity contribution in [1.82, 2.24) is 0 Å². The Labute approximate surface area is 75.1 Å². The van der Waals surface area contributed by atoms with Crippen LogP contribution in [0.25, 0.3) is 0 Å². The second kappa shape index (κ2) is 2.13. The van der Waals surface area contributed by atoms with Gasteiger partial charge in [0, 0.05) is 28.6 Å². The molecule has 0 radical (unpaired) electrons. The summed E-state index contributed by atoms with van der Waals surface area (Å²) in [6, 6.07) is 0. The molecule has 0 amide bonds. The minimum atomic E-state index is -0.581. The van der Waals surface area contributed by atoms with E-state index < -0.39 is 10.8 Å². The normalized spacial score (nSPS) is 62.4. The van der Waals surface area contributed by atoms with E-state index in [1.54, 1.807) is 0 Å². The average molecular weight is 186 g/mol. The van der Waals surface area contributed by atoms with E-state index >= 15 is 0 Å². The van der Waals surface area contributed by atoms with Crippen LogP contribution < -0.4 is 0 Å². The Morgan fingerprint density at radius 2 is 2.33 bits per heavy atom. The molecule has 2 aliphatic heterocycles. The Kier molecular flexibility index (Phi) is 1.33. The zero-order valence-corrected chi connectivity index (χ0v) is 8.10. The van der Waals surface area contributed by atoms with Gasteiger partial charge in [0.25, 0.3) is 0 Å². The van der Waals surface area contributed by atoms with Gasteiger partial charge in [-0.05, 0) is 18.8 Å². The first-order chi connectivity index (χ1) is 5.74. The topological polar surface area (TPSA) is 26.3 Å². The highest BCUT2D eigenvalue weighted by molar-refractivity contribution is 7.86. The van der Waals surface area contributed by atoms with Gasteiger partial charge in [-0.2, -0.15) is 0 Å². The quantitative estimate of drug-likeness (QED) is 0.562. The number of fused-ring (bicyclic) bond motifs is 2. The van der Waals surface area contributed by atoms with Crippen molar-refractivity contribution in [2.75, 3.05) is 12.4 Å². The zero-order chi connectivity index (χ0) is 8.34. The van der Waals surface area contributed by atoms with Gasteiger partial charge < -0.3 is 4.74 Å². The molecule has 1 aliphatic carbocycles. The van der Waals surface area contributed by atoms with Crippen LogP contribution in [0.1, 0.15) is 19.8 Å². The van der Waals surface area contributed by atoms with E-state index in [2.05, 4.69) is 6.92 Å². The second-order valence-electron chi connectivity index (χ2n) is 4.48. The lowest BCUT2D eigenvalue weighted by Crippen LogP contribution is -2.25. The SMILES string of the molecule is CC1CC12CS(=O)C1CCOC12. The van der Waals surface area contributed by atoms with E-state index in [1.165, 1.54) is 6.42 Å². The molecule has 12 heavy (non-hydrogen) atoms. The number of ether oxygens (including phenoxy) is 1. The van der Waals surface area contributed by atoms with Crippen LogP contribution in [0, 0.1) is 11.3 Å². The van der Waals surface area contributed by atoms with Crippen molar-refractivity contribution in [2.45, 2.75) is 31.1 Å². The van der Waals surface area contributed by atoms with Crippen LogP contribution in [0.15, 0.2) is 0 Å². The molecule has 0 bridgehead atoms. The Hall–Kier alpha value is 0.110. The Balaban J connectivity index is 1.95. The second-order valence-corrected chi connectivity index (χ2v) is 6.14. The summed E-state index contributed by atoms with van der Waals surface area (Å²) in [6.07, 6.45) is 2.64. The average Bonchev–Trinajstić information content (AvgIpc) is 2.52. The summed E-state index contributed by atoms with van der Waals surface area (Å²) in [6.45, 7) is 3.11. The van der Waals surface area contributed by atoms with Crippen molar-refractivity contribution in [3.8, 4) is 0 Å². The third-order valence-electron chi connectivity index (χ3n) is 3.86. The predicted molar refractivity (Wildman–Crippen MR) is 47.4 cm³/mol. The lowest BCUT2D eigenvalue weighted by atomic mass is 9.97. The van der Waals surface area contributed by atoms with Gasteiger partial charge in [0.05, 0.1) is 11.4 Å². The van der Waals surface area contributed by atoms with E-state index in [4.69, 9.17) is 4.74 Å². The monoisotopic (exact) mass is 186 g/mol. The standard InChI is InChI=1S/C9H14O2S/c1-6-4-9(6)5-12(10)7-2-3-11-8(7)9/h6-8H,2-5H2,1H3. The third-order valence-corrected chi connectivity index (χ3v) is 5.84. The first kappa shape index (κ1) is 7.51. The minimum absolute atomic E-state index is 0.353. The Morgan fingerprint density at radius 1 is 1.58 bits per heavy atom. The highest BCUT2D eigenvalue weighted by Crippen LogP contribution is 2.62. The largest absolute Gasteiger partial charge is 0.376 e. The lowest BCUT2D eigenvalue weighted by Gasteiger charge is -2.15. The maximum absolute atomic E-state index is 11.7. The third kappa shape index (κ3) is 0.721. The van der Waals surface area contributed by atoms with E-state index in [0.717, 1.165) is 24.7 Å². The van der Waals surface area contributed by atoms with E-state index in [1.807, 2.05) is 0 Å². The molecule has 0 aromatic heterocycles. The van der Waals surface area contributed by atoms with Crippen molar-refractivity contribution < 1.29 is 8.95 Å². The molecule has 0 aromatic rings. The van der Waals surface area contributed by atoms with Gasteiger partial charge in [-0.1, -0.05) is 6.92 Å². The van der Waals surface area contributed by atoms with Crippen LogP contribution in [0.3, 0.4) is 0 Å². The molecular weight excluding hydrogens is 172 g/mol. The number of rotatable bonds is 0. The number of hydrogen-bond donors (Lipinski definition) is 0. The molecule has 3 heteroatoms. The fourth-order valence-electron chi connectivity index (χ4n) is 2.94. The Morgan fingerprint density at radius 3 is 3.00 bits per heavy atom. The molecule has 5 unspecified atom stereocenters. The van der Waals surface area contributed by atoms with Gasteiger partial charge in [-0.15, -0.1) is 0 Å². The summed E-state index contributed by atoms with van der Waals surface area (Å²) < 4.78 is 17.4. The van der Waals surface area contributed by atoms with Gasteiger partial charge in [-0.3, -0.25) is 4.21 Å². The van der Waals surface area contributed by atoms with Crippen LogP contribution in [0.5, 0.6) is 0 Å². The molecule has 1 saturated carbocycles. The highest BCUT2D eigenvalue weighted by Gasteiger charge is 2.66. The highest BCUT2D eigenvalue weighted by atomic mass is 32.2. The number of hydrogen-bond acceptors (Lipinski definition) is 2. The fraction of sp³-hybridized carbons (Fsp3) is 1.00. The van der Waals surface area contributed by atoms with E-state index in [9.17, 15) is 4.21 Å². The van der Waals surface area contributed by atoms with Gasteiger partial charge >= 0.3 is 0 Å². The zero-order valence-electron chi connectivity index (χ0n) is 7.29. The minimum Gasteiger partial charge on any atom is -0.376 e. The molecule has 1 spiro atoms. The summed E-state index contributed by atoms with van der Waals surface area (Å²) in [5.41, 5.74) is 0.353. The molecule has 3 aliphatic rings. The smallest absolute Gasteiger partial charge is 0.0786 e. The van der Waals surface area contributed by atoms with Gasteiger partial charge in [0.15, 0.2) is 0 Å². The van der Waals surface area contributed by atoms with E-state index in [-0.39, 0.29) is 0 Å². The lowest BCUT2D eigenvalue weighted by molar-refractivity contribution is 0.0629.